The number of carbonyl (C=O) groups is 3. The molecule has 0 saturated carbocycles. The Morgan fingerprint density at radius 3 is 2.81 bits per heavy atom. The van der Waals surface area contributed by atoms with E-state index in [1.165, 1.54) is 7.11 Å². The monoisotopic (exact) mass is 370 g/mol. The maximum Gasteiger partial charge on any atom is 0.310 e. The van der Waals surface area contributed by atoms with Gasteiger partial charge in [0.05, 0.1) is 19.2 Å². The number of hydrogen-bond donors (Lipinski definition) is 2. The quantitative estimate of drug-likeness (QED) is 0.754. The molecular weight excluding hydrogens is 352 g/mol. The van der Waals surface area contributed by atoms with Gasteiger partial charge >= 0.3 is 5.97 Å². The molecule has 0 fully saturated rings. The summed E-state index contributed by atoms with van der Waals surface area (Å²) in [6, 6.07) is 13.7. The minimum Gasteiger partial charge on any atom is -0.497 e. The van der Waals surface area contributed by atoms with E-state index in [1.807, 2.05) is 0 Å². The van der Waals surface area contributed by atoms with Crippen LogP contribution in [0.2, 0.25) is 0 Å². The molecule has 0 aromatic heterocycles. The number of methoxy groups -OCH3 is 1. The smallest absolute Gasteiger partial charge is 0.310 e. The van der Waals surface area contributed by atoms with Gasteiger partial charge in [-0.2, -0.15) is 0 Å². The third-order valence-electron chi connectivity index (χ3n) is 3.78. The maximum absolute atomic E-state index is 12.0. The Labute approximate surface area is 155 Å². The van der Waals surface area contributed by atoms with E-state index in [1.54, 1.807) is 48.5 Å². The Bertz CT molecular complexity index is 867. The molecule has 1 heterocycles. The number of ether oxygens (including phenoxy) is 3. The number of esters is 1. The maximum atomic E-state index is 12.0. The fraction of sp³-hybridized carbons (Fsp3) is 0.211. The molecule has 2 aromatic carbocycles. The fourth-order valence-electron chi connectivity index (χ4n) is 2.48. The lowest BCUT2D eigenvalue weighted by molar-refractivity contribution is -0.150. The first-order valence-electron chi connectivity index (χ1n) is 8.21. The number of carbonyl (C=O) groups excluding carboxylic acids is 3. The van der Waals surface area contributed by atoms with Crippen molar-refractivity contribution >= 4 is 29.2 Å². The van der Waals surface area contributed by atoms with Crippen LogP contribution in [0.1, 0.15) is 6.42 Å². The first kappa shape index (κ1) is 18.2. The van der Waals surface area contributed by atoms with Gasteiger partial charge in [0.25, 0.3) is 11.8 Å². The molecule has 0 radical (unpaired) electrons. The van der Waals surface area contributed by atoms with E-state index in [9.17, 15) is 14.4 Å². The molecule has 3 rings (SSSR count). The average Bonchev–Trinajstić information content (AvgIpc) is 2.67. The predicted octanol–water partition coefficient (Wildman–Crippen LogP) is 1.97. The van der Waals surface area contributed by atoms with Gasteiger partial charge in [-0.3, -0.25) is 14.4 Å². The molecule has 0 spiro atoms. The predicted molar refractivity (Wildman–Crippen MR) is 96.7 cm³/mol. The molecule has 1 aliphatic heterocycles. The van der Waals surface area contributed by atoms with Crippen molar-refractivity contribution in [1.29, 1.82) is 0 Å². The number of fused-ring (bicyclic) bond motifs is 1. The van der Waals surface area contributed by atoms with E-state index < -0.39 is 30.5 Å². The Hall–Kier alpha value is -3.55. The summed E-state index contributed by atoms with van der Waals surface area (Å²) in [7, 11) is 1.52. The van der Waals surface area contributed by atoms with E-state index in [-0.39, 0.29) is 6.42 Å². The average molecular weight is 370 g/mol. The third kappa shape index (κ3) is 4.75. The fourth-order valence-corrected chi connectivity index (χ4v) is 2.48. The molecule has 0 aliphatic carbocycles. The van der Waals surface area contributed by atoms with Gasteiger partial charge < -0.3 is 24.8 Å². The molecule has 140 valence electrons. The van der Waals surface area contributed by atoms with Crippen molar-refractivity contribution in [1.82, 2.24) is 0 Å². The number of rotatable bonds is 6. The van der Waals surface area contributed by atoms with Crippen LogP contribution in [0.5, 0.6) is 11.5 Å². The Balaban J connectivity index is 1.48. The van der Waals surface area contributed by atoms with Gasteiger partial charge in [-0.25, -0.2) is 0 Å². The van der Waals surface area contributed by atoms with Crippen LogP contribution in [0.3, 0.4) is 0 Å². The highest BCUT2D eigenvalue weighted by Gasteiger charge is 2.30. The highest BCUT2D eigenvalue weighted by molar-refractivity contribution is 5.99. The first-order valence-corrected chi connectivity index (χ1v) is 8.21. The van der Waals surface area contributed by atoms with Gasteiger partial charge in [0.2, 0.25) is 0 Å². The number of hydrogen-bond acceptors (Lipinski definition) is 6. The largest absolute Gasteiger partial charge is 0.497 e. The van der Waals surface area contributed by atoms with Crippen LogP contribution in [-0.4, -0.2) is 37.6 Å². The van der Waals surface area contributed by atoms with Crippen LogP contribution in [0, 0.1) is 0 Å². The van der Waals surface area contributed by atoms with Crippen molar-refractivity contribution in [3.63, 3.8) is 0 Å². The zero-order chi connectivity index (χ0) is 19.2. The van der Waals surface area contributed by atoms with Crippen LogP contribution in [0.25, 0.3) is 0 Å². The summed E-state index contributed by atoms with van der Waals surface area (Å²) < 4.78 is 15.5. The zero-order valence-corrected chi connectivity index (χ0v) is 14.6. The normalized spacial score (nSPS) is 15.0. The minimum atomic E-state index is -1.01. The summed E-state index contributed by atoms with van der Waals surface area (Å²) in [5.74, 6) is -0.589. The van der Waals surface area contributed by atoms with Crippen molar-refractivity contribution in [3.8, 4) is 11.5 Å². The summed E-state index contributed by atoms with van der Waals surface area (Å²) in [6.07, 6.45) is -1.30. The SMILES string of the molecule is COc1cccc(NC(=O)COC(=O)CC2Oc3ccccc3NC2=O)c1. The lowest BCUT2D eigenvalue weighted by atomic mass is 10.1. The van der Waals surface area contributed by atoms with Gasteiger partial charge in [-0.1, -0.05) is 18.2 Å². The number of benzene rings is 2. The molecular formula is C19H18N2O6. The number of para-hydroxylation sites is 2. The van der Waals surface area contributed by atoms with E-state index in [4.69, 9.17) is 14.2 Å². The minimum absolute atomic E-state index is 0.299. The van der Waals surface area contributed by atoms with Gasteiger partial charge in [-0.05, 0) is 24.3 Å². The lowest BCUT2D eigenvalue weighted by Crippen LogP contribution is -2.39. The number of anilines is 2. The first-order chi connectivity index (χ1) is 13.0. The molecule has 2 N–H and O–H groups in total. The molecule has 27 heavy (non-hydrogen) atoms. The second kappa shape index (κ2) is 8.22. The van der Waals surface area contributed by atoms with Crippen molar-refractivity contribution in [2.24, 2.45) is 0 Å². The molecule has 8 heteroatoms. The molecule has 0 bridgehead atoms. The van der Waals surface area contributed by atoms with Crippen molar-refractivity contribution in [2.75, 3.05) is 24.4 Å². The number of amides is 2. The molecule has 1 aliphatic rings. The molecule has 2 aromatic rings. The summed E-state index contributed by atoms with van der Waals surface area (Å²) in [5, 5.41) is 5.25. The topological polar surface area (TPSA) is 103 Å². The number of nitrogens with one attached hydrogen (secondary N) is 2. The van der Waals surface area contributed by atoms with Gasteiger partial charge in [-0.15, -0.1) is 0 Å². The van der Waals surface area contributed by atoms with E-state index >= 15 is 0 Å². The molecule has 8 nitrogen and oxygen atoms in total. The van der Waals surface area contributed by atoms with Crippen LogP contribution < -0.4 is 20.1 Å². The van der Waals surface area contributed by atoms with Crippen LogP contribution in [0.4, 0.5) is 11.4 Å². The van der Waals surface area contributed by atoms with E-state index in [2.05, 4.69) is 10.6 Å². The summed E-state index contributed by atoms with van der Waals surface area (Å²) in [5.41, 5.74) is 1.06. The summed E-state index contributed by atoms with van der Waals surface area (Å²) in [4.78, 5) is 35.8. The summed E-state index contributed by atoms with van der Waals surface area (Å²) in [6.45, 7) is -0.471. The van der Waals surface area contributed by atoms with E-state index in [0.717, 1.165) is 0 Å². The molecule has 0 saturated heterocycles. The van der Waals surface area contributed by atoms with Crippen molar-refractivity contribution in [3.05, 3.63) is 48.5 Å². The Morgan fingerprint density at radius 2 is 2.00 bits per heavy atom. The third-order valence-corrected chi connectivity index (χ3v) is 3.78. The van der Waals surface area contributed by atoms with Gasteiger partial charge in [0.15, 0.2) is 12.7 Å². The van der Waals surface area contributed by atoms with Gasteiger partial charge in [0, 0.05) is 11.8 Å². The molecule has 1 unspecified atom stereocenters. The highest BCUT2D eigenvalue weighted by Crippen LogP contribution is 2.29. The molecule has 2 amide bonds. The molecule has 1 atom stereocenters. The standard InChI is InChI=1S/C19H18N2O6/c1-25-13-6-4-5-12(9-13)20-17(22)11-26-18(23)10-16-19(24)21-14-7-2-3-8-15(14)27-16/h2-9,16H,10-11H2,1H3,(H,20,22)(H,21,24). The van der Waals surface area contributed by atoms with Crippen LogP contribution in [0.15, 0.2) is 48.5 Å². The highest BCUT2D eigenvalue weighted by atomic mass is 16.5. The Kier molecular flexibility index (Phi) is 5.55. The van der Waals surface area contributed by atoms with E-state index in [0.29, 0.717) is 22.9 Å². The van der Waals surface area contributed by atoms with Crippen LogP contribution in [-0.2, 0) is 19.1 Å². The second-order valence-corrected chi connectivity index (χ2v) is 5.74. The lowest BCUT2D eigenvalue weighted by Gasteiger charge is -2.25. The van der Waals surface area contributed by atoms with Crippen molar-refractivity contribution in [2.45, 2.75) is 12.5 Å². The van der Waals surface area contributed by atoms with Gasteiger partial charge in [0.1, 0.15) is 11.5 Å². The van der Waals surface area contributed by atoms with Crippen LogP contribution >= 0.6 is 0 Å². The second-order valence-electron chi connectivity index (χ2n) is 5.74. The van der Waals surface area contributed by atoms with Crippen molar-refractivity contribution < 1.29 is 28.6 Å². The Morgan fingerprint density at radius 1 is 1.19 bits per heavy atom. The zero-order valence-electron chi connectivity index (χ0n) is 14.6. The summed E-state index contributed by atoms with van der Waals surface area (Å²) >= 11 is 0.